The fourth-order valence-electron chi connectivity index (χ4n) is 2.73. The van der Waals surface area contributed by atoms with Gasteiger partial charge in [0.05, 0.1) is 11.4 Å². The third-order valence-electron chi connectivity index (χ3n) is 4.28. The molecular formula is C19H21FN2O5S. The number of fused-ring (bicyclic) bond motifs is 1. The Kier molecular flexibility index (Phi) is 6.03. The molecule has 1 aliphatic heterocycles. The summed E-state index contributed by atoms with van der Waals surface area (Å²) in [5, 5.41) is 2.70. The van der Waals surface area contributed by atoms with Crippen molar-refractivity contribution in [3.63, 3.8) is 0 Å². The van der Waals surface area contributed by atoms with E-state index in [1.807, 2.05) is 0 Å². The minimum absolute atomic E-state index is 0.0726. The number of anilines is 1. The van der Waals surface area contributed by atoms with Crippen molar-refractivity contribution in [2.45, 2.75) is 13.3 Å². The molecule has 0 radical (unpaired) electrons. The molecule has 1 N–H and O–H groups in total. The van der Waals surface area contributed by atoms with E-state index in [2.05, 4.69) is 5.32 Å². The summed E-state index contributed by atoms with van der Waals surface area (Å²) in [5.41, 5.74) is 1.20. The van der Waals surface area contributed by atoms with Crippen LogP contribution in [0.25, 0.3) is 0 Å². The highest BCUT2D eigenvalue weighted by Gasteiger charge is 2.25. The lowest BCUT2D eigenvalue weighted by molar-refractivity contribution is -0.119. The Bertz CT molecular complexity index is 947. The van der Waals surface area contributed by atoms with E-state index in [0.29, 0.717) is 30.2 Å². The Hall–Kier alpha value is -2.81. The average Bonchev–Trinajstić information content (AvgIpc) is 3.15. The molecule has 0 fully saturated rings. The molecule has 0 unspecified atom stereocenters. The quantitative estimate of drug-likeness (QED) is 0.723. The van der Waals surface area contributed by atoms with Crippen molar-refractivity contribution in [3.8, 4) is 11.5 Å². The molecular weight excluding hydrogens is 387 g/mol. The molecule has 1 heterocycles. The van der Waals surface area contributed by atoms with E-state index in [-0.39, 0.29) is 24.9 Å². The molecule has 1 amide bonds. The second kappa shape index (κ2) is 8.47. The Balaban J connectivity index is 1.66. The maximum atomic E-state index is 12.9. The van der Waals surface area contributed by atoms with Gasteiger partial charge in [-0.2, -0.15) is 0 Å². The number of hydrogen-bond acceptors (Lipinski definition) is 5. The largest absolute Gasteiger partial charge is 0.454 e. The summed E-state index contributed by atoms with van der Waals surface area (Å²) in [6, 6.07) is 10.7. The van der Waals surface area contributed by atoms with Gasteiger partial charge in [-0.3, -0.25) is 9.10 Å². The Morgan fingerprint density at radius 1 is 1.14 bits per heavy atom. The van der Waals surface area contributed by atoms with Gasteiger partial charge in [-0.1, -0.05) is 12.1 Å². The van der Waals surface area contributed by atoms with Crippen LogP contribution in [-0.4, -0.2) is 40.0 Å². The molecule has 150 valence electrons. The molecule has 3 rings (SSSR count). The van der Waals surface area contributed by atoms with Gasteiger partial charge in [0, 0.05) is 12.6 Å². The van der Waals surface area contributed by atoms with Crippen LogP contribution in [0, 0.1) is 5.82 Å². The topological polar surface area (TPSA) is 84.9 Å². The van der Waals surface area contributed by atoms with Gasteiger partial charge in [0.1, 0.15) is 12.4 Å². The van der Waals surface area contributed by atoms with Crippen LogP contribution in [0.15, 0.2) is 42.5 Å². The van der Waals surface area contributed by atoms with Crippen molar-refractivity contribution in [2.24, 2.45) is 0 Å². The molecule has 0 spiro atoms. The molecule has 0 saturated heterocycles. The molecule has 9 heteroatoms. The Morgan fingerprint density at radius 2 is 1.86 bits per heavy atom. The first-order chi connectivity index (χ1) is 13.4. The van der Waals surface area contributed by atoms with E-state index in [1.54, 1.807) is 30.3 Å². The summed E-state index contributed by atoms with van der Waals surface area (Å²) in [6.07, 6.45) is 0.510. The number of amides is 1. The molecule has 0 atom stereocenters. The Morgan fingerprint density at radius 3 is 2.57 bits per heavy atom. The van der Waals surface area contributed by atoms with E-state index in [4.69, 9.17) is 9.47 Å². The van der Waals surface area contributed by atoms with Gasteiger partial charge in [-0.25, -0.2) is 12.8 Å². The number of ether oxygens (including phenoxy) is 2. The minimum Gasteiger partial charge on any atom is -0.454 e. The maximum absolute atomic E-state index is 12.9. The second-order valence-corrected chi connectivity index (χ2v) is 8.35. The molecule has 28 heavy (non-hydrogen) atoms. The number of carbonyl (C=O) groups is 1. The van der Waals surface area contributed by atoms with Gasteiger partial charge in [0.2, 0.25) is 22.7 Å². The zero-order chi connectivity index (χ0) is 20.1. The van der Waals surface area contributed by atoms with E-state index < -0.39 is 15.9 Å². The van der Waals surface area contributed by atoms with Crippen molar-refractivity contribution in [3.05, 3.63) is 53.8 Å². The third-order valence-corrected chi connectivity index (χ3v) is 6.02. The first kappa shape index (κ1) is 19.9. The molecule has 0 saturated carbocycles. The molecule has 0 aromatic heterocycles. The number of carbonyl (C=O) groups excluding carboxylic acids is 1. The van der Waals surface area contributed by atoms with Gasteiger partial charge in [0.15, 0.2) is 11.5 Å². The number of sulfonamides is 1. The van der Waals surface area contributed by atoms with Crippen LogP contribution in [0.5, 0.6) is 11.5 Å². The van der Waals surface area contributed by atoms with Crippen molar-refractivity contribution in [1.29, 1.82) is 0 Å². The van der Waals surface area contributed by atoms with E-state index >= 15 is 0 Å². The molecule has 1 aliphatic rings. The standard InChI is InChI=1S/C19H21FN2O5S/c1-2-28(24,25)22(16-7-8-17-18(11-16)27-13-26-17)12-19(23)21-10-9-14-3-5-15(20)6-4-14/h3-8,11H,2,9-10,12-13H2,1H3,(H,21,23). The van der Waals surface area contributed by atoms with E-state index in [9.17, 15) is 17.6 Å². The molecule has 2 aromatic carbocycles. The summed E-state index contributed by atoms with van der Waals surface area (Å²) < 4.78 is 49.5. The second-order valence-electron chi connectivity index (χ2n) is 6.17. The van der Waals surface area contributed by atoms with E-state index in [1.165, 1.54) is 19.1 Å². The SMILES string of the molecule is CCS(=O)(=O)N(CC(=O)NCCc1ccc(F)cc1)c1ccc2c(c1)OCO2. The minimum atomic E-state index is -3.67. The van der Waals surface area contributed by atoms with Crippen molar-refractivity contribution < 1.29 is 27.1 Å². The van der Waals surface area contributed by atoms with Gasteiger partial charge >= 0.3 is 0 Å². The number of nitrogens with zero attached hydrogens (tertiary/aromatic N) is 1. The highest BCUT2D eigenvalue weighted by Crippen LogP contribution is 2.36. The summed E-state index contributed by atoms with van der Waals surface area (Å²) in [4.78, 5) is 12.3. The third kappa shape index (κ3) is 4.72. The first-order valence-electron chi connectivity index (χ1n) is 8.80. The van der Waals surface area contributed by atoms with Crippen molar-refractivity contribution in [1.82, 2.24) is 5.32 Å². The summed E-state index contributed by atoms with van der Waals surface area (Å²) >= 11 is 0. The van der Waals surface area contributed by atoms with Gasteiger partial charge in [0.25, 0.3) is 0 Å². The molecule has 0 bridgehead atoms. The lowest BCUT2D eigenvalue weighted by Gasteiger charge is -2.23. The Labute approximate surface area is 163 Å². The summed E-state index contributed by atoms with van der Waals surface area (Å²) in [5.74, 6) is 0.0604. The fraction of sp³-hybridized carbons (Fsp3) is 0.316. The highest BCUT2D eigenvalue weighted by atomic mass is 32.2. The molecule has 7 nitrogen and oxygen atoms in total. The van der Waals surface area contributed by atoms with Crippen LogP contribution < -0.4 is 19.1 Å². The number of nitrogens with one attached hydrogen (secondary N) is 1. The highest BCUT2D eigenvalue weighted by molar-refractivity contribution is 7.92. The lowest BCUT2D eigenvalue weighted by Crippen LogP contribution is -2.42. The van der Waals surface area contributed by atoms with Crippen LogP contribution in [0.1, 0.15) is 12.5 Å². The smallest absolute Gasteiger partial charge is 0.240 e. The normalized spacial score (nSPS) is 12.6. The average molecular weight is 408 g/mol. The fourth-order valence-corrected chi connectivity index (χ4v) is 3.79. The zero-order valence-corrected chi connectivity index (χ0v) is 16.2. The monoisotopic (exact) mass is 408 g/mol. The van der Waals surface area contributed by atoms with Crippen LogP contribution in [0.4, 0.5) is 10.1 Å². The van der Waals surface area contributed by atoms with Gasteiger partial charge < -0.3 is 14.8 Å². The summed E-state index contributed by atoms with van der Waals surface area (Å²) in [6.45, 7) is 1.55. The lowest BCUT2D eigenvalue weighted by atomic mass is 10.1. The summed E-state index contributed by atoms with van der Waals surface area (Å²) in [7, 11) is -3.67. The van der Waals surface area contributed by atoms with Crippen molar-refractivity contribution >= 4 is 21.6 Å². The van der Waals surface area contributed by atoms with Crippen LogP contribution >= 0.6 is 0 Å². The van der Waals surface area contributed by atoms with Crippen LogP contribution in [0.3, 0.4) is 0 Å². The van der Waals surface area contributed by atoms with Gasteiger partial charge in [-0.15, -0.1) is 0 Å². The zero-order valence-electron chi connectivity index (χ0n) is 15.4. The van der Waals surface area contributed by atoms with Gasteiger partial charge in [-0.05, 0) is 43.2 Å². The van der Waals surface area contributed by atoms with Crippen molar-refractivity contribution in [2.75, 3.05) is 29.9 Å². The molecule has 2 aromatic rings. The number of benzene rings is 2. The predicted molar refractivity (Wildman–Crippen MR) is 102 cm³/mol. The number of halogens is 1. The molecule has 0 aliphatic carbocycles. The number of rotatable bonds is 8. The van der Waals surface area contributed by atoms with Crippen LogP contribution in [0.2, 0.25) is 0 Å². The van der Waals surface area contributed by atoms with Crippen LogP contribution in [-0.2, 0) is 21.2 Å². The predicted octanol–water partition coefficient (Wildman–Crippen LogP) is 2.07. The first-order valence-corrected chi connectivity index (χ1v) is 10.4. The number of hydrogen-bond donors (Lipinski definition) is 1. The maximum Gasteiger partial charge on any atom is 0.240 e. The van der Waals surface area contributed by atoms with E-state index in [0.717, 1.165) is 9.87 Å².